The molecule has 5 heteroatoms. The summed E-state index contributed by atoms with van der Waals surface area (Å²) in [5, 5.41) is 5.40. The number of piperazine rings is 1. The first-order valence-corrected chi connectivity index (χ1v) is 11.0. The molecule has 4 rings (SSSR count). The maximum Gasteiger partial charge on any atom is 0.0931 e. The minimum atomic E-state index is 0.598. The normalized spacial score (nSPS) is 15.2. The molecule has 0 unspecified atom stereocenters. The van der Waals surface area contributed by atoms with E-state index in [0.29, 0.717) is 6.54 Å². The van der Waals surface area contributed by atoms with Crippen molar-refractivity contribution in [3.05, 3.63) is 64.8 Å². The molecule has 30 heavy (non-hydrogen) atoms. The van der Waals surface area contributed by atoms with E-state index in [1.54, 1.807) is 0 Å². The lowest BCUT2D eigenvalue weighted by atomic mass is 10.1. The summed E-state index contributed by atoms with van der Waals surface area (Å²) in [6.45, 7) is 9.24. The molecule has 1 aliphatic heterocycles. The molecule has 0 spiro atoms. The number of fused-ring (bicyclic) bond motifs is 1. The second kappa shape index (κ2) is 9.57. The van der Waals surface area contributed by atoms with Gasteiger partial charge in [0, 0.05) is 60.9 Å². The van der Waals surface area contributed by atoms with Crippen molar-refractivity contribution in [2.75, 3.05) is 45.1 Å². The fourth-order valence-corrected chi connectivity index (χ4v) is 4.15. The van der Waals surface area contributed by atoms with Crippen LogP contribution in [0.1, 0.15) is 18.2 Å². The van der Waals surface area contributed by atoms with Crippen LogP contribution in [0.5, 0.6) is 0 Å². The van der Waals surface area contributed by atoms with Gasteiger partial charge in [0.2, 0.25) is 0 Å². The molecular formula is C25H29ClN4. The molecular weight excluding hydrogens is 392 g/mol. The van der Waals surface area contributed by atoms with Gasteiger partial charge in [0.1, 0.15) is 0 Å². The Hall–Kier alpha value is -2.45. The Morgan fingerprint density at radius 1 is 1.03 bits per heavy atom. The van der Waals surface area contributed by atoms with Crippen LogP contribution in [0.4, 0.5) is 5.69 Å². The Labute approximate surface area is 184 Å². The minimum Gasteiger partial charge on any atom is -0.374 e. The van der Waals surface area contributed by atoms with Crippen molar-refractivity contribution in [2.45, 2.75) is 20.0 Å². The van der Waals surface area contributed by atoms with Gasteiger partial charge >= 0.3 is 0 Å². The van der Waals surface area contributed by atoms with E-state index < -0.39 is 0 Å². The molecule has 1 aliphatic rings. The monoisotopic (exact) mass is 420 g/mol. The number of halogens is 1. The third-order valence-corrected chi connectivity index (χ3v) is 6.04. The average Bonchev–Trinajstić information content (AvgIpc) is 3.12. The molecule has 2 heterocycles. The summed E-state index contributed by atoms with van der Waals surface area (Å²) < 4.78 is 2.32. The van der Waals surface area contributed by atoms with Crippen LogP contribution in [0.25, 0.3) is 10.9 Å². The zero-order chi connectivity index (χ0) is 20.9. The molecule has 1 aromatic heterocycles. The number of rotatable bonds is 5. The predicted molar refractivity (Wildman–Crippen MR) is 127 cm³/mol. The van der Waals surface area contributed by atoms with E-state index in [4.69, 9.17) is 11.6 Å². The third-order valence-electron chi connectivity index (χ3n) is 5.78. The summed E-state index contributed by atoms with van der Waals surface area (Å²) >= 11 is 5.94. The van der Waals surface area contributed by atoms with Crippen LogP contribution < -0.4 is 5.32 Å². The Morgan fingerprint density at radius 2 is 1.80 bits per heavy atom. The van der Waals surface area contributed by atoms with E-state index in [-0.39, 0.29) is 0 Å². The molecule has 0 aliphatic carbocycles. The third kappa shape index (κ3) is 4.82. The fraction of sp³-hybridized carbons (Fsp3) is 0.360. The SMILES string of the molecule is CCn1c(C#CCNc2ccc(Cl)cc2)cc2c(CN3CCN(C)CC3)cccc21. The highest BCUT2D eigenvalue weighted by molar-refractivity contribution is 6.30. The first-order chi connectivity index (χ1) is 14.6. The minimum absolute atomic E-state index is 0.598. The number of likely N-dealkylation sites (N-methyl/N-ethyl adjacent to an activating group) is 1. The lowest BCUT2D eigenvalue weighted by Gasteiger charge is -2.32. The topological polar surface area (TPSA) is 23.4 Å². The molecule has 0 atom stereocenters. The zero-order valence-electron chi connectivity index (χ0n) is 17.8. The van der Waals surface area contributed by atoms with Crippen LogP contribution in [-0.4, -0.2) is 54.1 Å². The lowest BCUT2D eigenvalue weighted by Crippen LogP contribution is -2.43. The first kappa shape index (κ1) is 20.8. The van der Waals surface area contributed by atoms with Crippen molar-refractivity contribution < 1.29 is 0 Å². The Bertz CT molecular complexity index is 1050. The highest BCUT2D eigenvalue weighted by Crippen LogP contribution is 2.25. The van der Waals surface area contributed by atoms with Gasteiger partial charge in [-0.15, -0.1) is 0 Å². The van der Waals surface area contributed by atoms with E-state index in [2.05, 4.69) is 69.8 Å². The van der Waals surface area contributed by atoms with Gasteiger partial charge in [-0.05, 0) is 61.9 Å². The molecule has 3 aromatic rings. The van der Waals surface area contributed by atoms with Gasteiger partial charge in [0.05, 0.1) is 12.2 Å². The van der Waals surface area contributed by atoms with Gasteiger partial charge in [0.15, 0.2) is 0 Å². The van der Waals surface area contributed by atoms with Crippen LogP contribution in [0.2, 0.25) is 5.02 Å². The molecule has 0 bridgehead atoms. The summed E-state index contributed by atoms with van der Waals surface area (Å²) in [4.78, 5) is 4.95. The molecule has 4 nitrogen and oxygen atoms in total. The molecule has 2 aromatic carbocycles. The summed E-state index contributed by atoms with van der Waals surface area (Å²) in [6.07, 6.45) is 0. The van der Waals surface area contributed by atoms with Crippen LogP contribution >= 0.6 is 11.6 Å². The number of nitrogens with one attached hydrogen (secondary N) is 1. The second-order valence-corrected chi connectivity index (χ2v) is 8.30. The number of hydrogen-bond acceptors (Lipinski definition) is 3. The molecule has 0 amide bonds. The average molecular weight is 421 g/mol. The van der Waals surface area contributed by atoms with Crippen LogP contribution in [-0.2, 0) is 13.1 Å². The van der Waals surface area contributed by atoms with Gasteiger partial charge in [-0.2, -0.15) is 0 Å². The van der Waals surface area contributed by atoms with E-state index in [1.165, 1.54) is 16.5 Å². The molecule has 1 N–H and O–H groups in total. The molecule has 0 radical (unpaired) electrons. The first-order valence-electron chi connectivity index (χ1n) is 10.6. The smallest absolute Gasteiger partial charge is 0.0931 e. The van der Waals surface area contributed by atoms with Crippen molar-refractivity contribution in [1.29, 1.82) is 0 Å². The van der Waals surface area contributed by atoms with Crippen LogP contribution in [0, 0.1) is 11.8 Å². The highest BCUT2D eigenvalue weighted by Gasteiger charge is 2.16. The Kier molecular flexibility index (Phi) is 6.64. The summed E-state index contributed by atoms with van der Waals surface area (Å²) in [5.41, 5.74) is 4.78. The number of hydrogen-bond donors (Lipinski definition) is 1. The molecule has 156 valence electrons. The van der Waals surface area contributed by atoms with Crippen molar-refractivity contribution >= 4 is 28.2 Å². The number of benzene rings is 2. The Morgan fingerprint density at radius 3 is 2.53 bits per heavy atom. The largest absolute Gasteiger partial charge is 0.374 e. The standard InChI is InChI=1S/C25H29ClN4/c1-3-30-23(7-5-13-27-22-11-9-21(26)10-12-22)18-24-20(6-4-8-25(24)30)19-29-16-14-28(2)15-17-29/h4,6,8-12,18,27H,3,13-17,19H2,1-2H3. The van der Waals surface area contributed by atoms with Gasteiger partial charge in [-0.1, -0.05) is 29.7 Å². The van der Waals surface area contributed by atoms with Gasteiger partial charge in [-0.25, -0.2) is 0 Å². The summed E-state index contributed by atoms with van der Waals surface area (Å²) in [6, 6.07) is 16.6. The van der Waals surface area contributed by atoms with E-state index in [0.717, 1.165) is 55.7 Å². The summed E-state index contributed by atoms with van der Waals surface area (Å²) in [5.74, 6) is 6.65. The van der Waals surface area contributed by atoms with Crippen molar-refractivity contribution in [1.82, 2.24) is 14.4 Å². The van der Waals surface area contributed by atoms with Crippen molar-refractivity contribution in [3.8, 4) is 11.8 Å². The van der Waals surface area contributed by atoms with E-state index in [1.807, 2.05) is 24.3 Å². The zero-order valence-corrected chi connectivity index (χ0v) is 18.5. The lowest BCUT2D eigenvalue weighted by molar-refractivity contribution is 0.148. The van der Waals surface area contributed by atoms with E-state index >= 15 is 0 Å². The number of aromatic nitrogens is 1. The Balaban J connectivity index is 1.51. The number of nitrogens with zero attached hydrogens (tertiary/aromatic N) is 3. The van der Waals surface area contributed by atoms with Gasteiger partial charge < -0.3 is 14.8 Å². The van der Waals surface area contributed by atoms with Crippen molar-refractivity contribution in [3.63, 3.8) is 0 Å². The van der Waals surface area contributed by atoms with Crippen molar-refractivity contribution in [2.24, 2.45) is 0 Å². The van der Waals surface area contributed by atoms with Gasteiger partial charge in [0.25, 0.3) is 0 Å². The maximum atomic E-state index is 5.94. The fourth-order valence-electron chi connectivity index (χ4n) is 4.02. The quantitative estimate of drug-likeness (QED) is 0.613. The summed E-state index contributed by atoms with van der Waals surface area (Å²) in [7, 11) is 2.20. The molecule has 1 saturated heterocycles. The second-order valence-electron chi connectivity index (χ2n) is 7.87. The van der Waals surface area contributed by atoms with E-state index in [9.17, 15) is 0 Å². The highest BCUT2D eigenvalue weighted by atomic mass is 35.5. The predicted octanol–water partition coefficient (Wildman–Crippen LogP) is 4.53. The molecule has 1 fully saturated rings. The molecule has 0 saturated carbocycles. The number of anilines is 1. The van der Waals surface area contributed by atoms with Crippen LogP contribution in [0.15, 0.2) is 48.5 Å². The van der Waals surface area contributed by atoms with Crippen LogP contribution in [0.3, 0.4) is 0 Å². The maximum absolute atomic E-state index is 5.94. The number of aryl methyl sites for hydroxylation is 1. The van der Waals surface area contributed by atoms with Gasteiger partial charge in [-0.3, -0.25) is 4.90 Å².